The van der Waals surface area contributed by atoms with Gasteiger partial charge in [0.1, 0.15) is 25.1 Å². The first kappa shape index (κ1) is 69.6. The minimum atomic E-state index is -0.295. The highest BCUT2D eigenvalue weighted by molar-refractivity contribution is 5.70. The third-order valence-electron chi connectivity index (χ3n) is 11.4. The summed E-state index contributed by atoms with van der Waals surface area (Å²) in [6.07, 6.45) is 16.7. The Bertz CT molecular complexity index is 2000. The van der Waals surface area contributed by atoms with E-state index < -0.39 is 0 Å². The lowest BCUT2D eigenvalue weighted by molar-refractivity contribution is -0.149. The molecule has 0 bridgehead atoms. The van der Waals surface area contributed by atoms with Gasteiger partial charge in [0.05, 0.1) is 36.3 Å². The van der Waals surface area contributed by atoms with E-state index in [1.54, 1.807) is 6.20 Å². The van der Waals surface area contributed by atoms with Crippen LogP contribution in [0.3, 0.4) is 0 Å². The van der Waals surface area contributed by atoms with Crippen LogP contribution >= 0.6 is 0 Å². The zero-order valence-corrected chi connectivity index (χ0v) is 50.7. The van der Waals surface area contributed by atoms with Gasteiger partial charge in [-0.3, -0.25) is 29.3 Å². The van der Waals surface area contributed by atoms with Crippen molar-refractivity contribution in [3.05, 3.63) is 75.6 Å². The molecule has 74 heavy (non-hydrogen) atoms. The second kappa shape index (κ2) is 37.3. The first-order valence-electron chi connectivity index (χ1n) is 27.7. The van der Waals surface area contributed by atoms with Gasteiger partial charge in [0.15, 0.2) is 5.75 Å². The minimum Gasteiger partial charge on any atom is -0.489 e. The van der Waals surface area contributed by atoms with E-state index in [1.807, 2.05) is 67.8 Å². The van der Waals surface area contributed by atoms with Crippen molar-refractivity contribution in [2.24, 2.45) is 29.1 Å². The summed E-state index contributed by atoms with van der Waals surface area (Å²) in [6.45, 7) is 45.5. The summed E-state index contributed by atoms with van der Waals surface area (Å²) in [7, 11) is 0. The van der Waals surface area contributed by atoms with E-state index in [2.05, 4.69) is 103 Å². The third-order valence-corrected chi connectivity index (χ3v) is 11.4. The van der Waals surface area contributed by atoms with Gasteiger partial charge in [0.2, 0.25) is 0 Å². The lowest BCUT2D eigenvalue weighted by atomic mass is 9.87. The number of aromatic nitrogens is 3. The number of esters is 3. The zero-order valence-electron chi connectivity index (χ0n) is 50.7. The largest absolute Gasteiger partial charge is 0.489 e. The van der Waals surface area contributed by atoms with Crippen LogP contribution in [0.4, 0.5) is 0 Å². The first-order chi connectivity index (χ1) is 34.4. The molecule has 0 aliphatic carbocycles. The van der Waals surface area contributed by atoms with Crippen LogP contribution < -0.4 is 9.47 Å². The van der Waals surface area contributed by atoms with Gasteiger partial charge in [-0.15, -0.1) is 0 Å². The molecule has 12 heteroatoms. The van der Waals surface area contributed by atoms with E-state index in [4.69, 9.17) is 28.4 Å². The van der Waals surface area contributed by atoms with Crippen molar-refractivity contribution in [1.82, 2.24) is 15.0 Å². The number of rotatable bonds is 26. The topological polar surface area (TPSA) is 145 Å². The molecule has 0 fully saturated rings. The Morgan fingerprint density at radius 3 is 1.53 bits per heavy atom. The number of carbonyl (C=O) groups excluding carboxylic acids is 3. The summed E-state index contributed by atoms with van der Waals surface area (Å²) in [6, 6.07) is 4.31. The van der Waals surface area contributed by atoms with E-state index in [0.29, 0.717) is 24.2 Å². The Balaban J connectivity index is 0.000000973. The van der Waals surface area contributed by atoms with Gasteiger partial charge in [-0.05, 0) is 166 Å². The molecule has 422 valence electrons. The maximum atomic E-state index is 11.4. The lowest BCUT2D eigenvalue weighted by Gasteiger charge is -2.23. The summed E-state index contributed by atoms with van der Waals surface area (Å²) in [5.41, 5.74) is 9.12. The van der Waals surface area contributed by atoms with E-state index >= 15 is 0 Å². The highest BCUT2D eigenvalue weighted by atomic mass is 16.6. The van der Waals surface area contributed by atoms with Gasteiger partial charge in [-0.25, -0.2) is 0 Å². The third kappa shape index (κ3) is 34.2. The molecule has 0 saturated heterocycles. The number of carbonyl (C=O) groups is 3. The van der Waals surface area contributed by atoms with Crippen LogP contribution in [0.2, 0.25) is 0 Å². The highest BCUT2D eigenvalue weighted by Gasteiger charge is 2.20. The number of hydrogen-bond donors (Lipinski definition) is 0. The van der Waals surface area contributed by atoms with Crippen LogP contribution in [-0.4, -0.2) is 70.5 Å². The Labute approximate surface area is 451 Å². The molecule has 12 nitrogen and oxygen atoms in total. The molecule has 1 atom stereocenters. The Kier molecular flexibility index (Phi) is 35.1. The van der Waals surface area contributed by atoms with Crippen LogP contribution in [0, 0.1) is 42.9 Å². The predicted molar refractivity (Wildman–Crippen MR) is 303 cm³/mol. The summed E-state index contributed by atoms with van der Waals surface area (Å²) < 4.78 is 32.5. The van der Waals surface area contributed by atoms with E-state index in [9.17, 15) is 14.4 Å². The van der Waals surface area contributed by atoms with Gasteiger partial charge < -0.3 is 28.4 Å². The van der Waals surface area contributed by atoms with Crippen molar-refractivity contribution in [2.75, 3.05) is 13.2 Å². The summed E-state index contributed by atoms with van der Waals surface area (Å²) in [5, 5.41) is 0. The molecule has 3 rings (SSSR count). The van der Waals surface area contributed by atoms with Crippen LogP contribution in [0.15, 0.2) is 30.7 Å². The predicted octanol–water partition coefficient (Wildman–Crippen LogP) is 14.7. The normalized spacial score (nSPS) is 11.8. The van der Waals surface area contributed by atoms with Gasteiger partial charge in [0.25, 0.3) is 0 Å². The summed E-state index contributed by atoms with van der Waals surface area (Å²) in [4.78, 5) is 46.5. The molecule has 0 amide bonds. The quantitative estimate of drug-likeness (QED) is 0.0706. The number of hydrogen-bond acceptors (Lipinski definition) is 12. The van der Waals surface area contributed by atoms with Crippen molar-refractivity contribution >= 4 is 17.9 Å². The minimum absolute atomic E-state index is 0.0814. The summed E-state index contributed by atoms with van der Waals surface area (Å²) >= 11 is 0. The molecule has 0 aromatic carbocycles. The van der Waals surface area contributed by atoms with E-state index in [-0.39, 0.29) is 61.0 Å². The fourth-order valence-electron chi connectivity index (χ4n) is 7.28. The van der Waals surface area contributed by atoms with Gasteiger partial charge in [-0.2, -0.15) is 0 Å². The van der Waals surface area contributed by atoms with Gasteiger partial charge in [-0.1, -0.05) is 82.2 Å². The van der Waals surface area contributed by atoms with Crippen LogP contribution in [0.25, 0.3) is 0 Å². The van der Waals surface area contributed by atoms with Crippen molar-refractivity contribution in [3.63, 3.8) is 0 Å². The molecular weight excluding hydrogens is 931 g/mol. The second-order valence-electron chi connectivity index (χ2n) is 23.3. The molecule has 3 aromatic rings. The molecule has 0 saturated carbocycles. The Morgan fingerprint density at radius 2 is 1.04 bits per heavy atom. The number of nitrogens with zero attached hydrogens (tertiary/aromatic N) is 3. The molecule has 0 aliphatic heterocycles. The first-order valence-corrected chi connectivity index (χ1v) is 27.7. The van der Waals surface area contributed by atoms with E-state index in [0.717, 1.165) is 85.0 Å². The van der Waals surface area contributed by atoms with Crippen LogP contribution in [0.1, 0.15) is 215 Å². The van der Waals surface area contributed by atoms with Gasteiger partial charge >= 0.3 is 17.9 Å². The Morgan fingerprint density at radius 1 is 0.541 bits per heavy atom. The standard InChI is InChI=1S/C18H29NO3.C18H29NO2.C15H25N.C11H22O4/c1-12(2)22-17-13(3)19-10-15(11-21-14(4)20)16(17)8-9-18(5,6)7;1-12(2)7-9-16-11-19-14(5)18(21-15(6)20)17(16)10-8-13(3)4;1-12(2)7-9-14-6-5-11-16-15(14)10-8-13(3)4;1-8(2)13-6-11(15-9(3)4)7-14-10(5)12/h10,12H,8-9,11H2,1-7H3;11-13H,7-10H2,1-6H3;5-6,11-13H,7-10H2,1-4H3;8-9,11H,6-7H2,1-5H3. The molecular formula is C62H105N3O9. The fourth-order valence-corrected chi connectivity index (χ4v) is 7.28. The molecule has 0 spiro atoms. The van der Waals surface area contributed by atoms with Crippen molar-refractivity contribution in [3.8, 4) is 11.5 Å². The number of ether oxygens (including phenoxy) is 6. The molecule has 1 unspecified atom stereocenters. The fraction of sp³-hybridized carbons (Fsp3) is 0.710. The number of aryl methyl sites for hydroxylation is 5. The van der Waals surface area contributed by atoms with Crippen LogP contribution in [0.5, 0.6) is 11.5 Å². The van der Waals surface area contributed by atoms with Crippen LogP contribution in [-0.2, 0) is 72.0 Å². The lowest BCUT2D eigenvalue weighted by Crippen LogP contribution is -2.30. The van der Waals surface area contributed by atoms with E-state index in [1.165, 1.54) is 62.4 Å². The molecule has 0 aliphatic rings. The van der Waals surface area contributed by atoms with Crippen molar-refractivity contribution in [2.45, 2.75) is 248 Å². The number of pyridine rings is 3. The maximum absolute atomic E-state index is 11.4. The average Bonchev–Trinajstić information content (AvgIpc) is 3.28. The maximum Gasteiger partial charge on any atom is 0.308 e. The zero-order chi connectivity index (χ0) is 56.7. The molecule has 3 heterocycles. The van der Waals surface area contributed by atoms with Crippen molar-refractivity contribution < 1.29 is 42.8 Å². The highest BCUT2D eigenvalue weighted by Crippen LogP contribution is 2.32. The second-order valence-corrected chi connectivity index (χ2v) is 23.3. The monoisotopic (exact) mass is 1040 g/mol. The van der Waals surface area contributed by atoms with Crippen molar-refractivity contribution in [1.29, 1.82) is 0 Å². The van der Waals surface area contributed by atoms with Gasteiger partial charge in [0, 0.05) is 61.7 Å². The Hall–Kier alpha value is -4.42. The molecule has 0 radical (unpaired) electrons. The SMILES string of the molecule is CC(=O)OCC(COC(C)C)OC(C)C.CC(=O)OCc1cnc(C)c(OC(C)C)c1CCC(C)(C)C.CC(=O)Oc1c(C)ncc(CCC(C)C)c1CCC(C)C.CC(C)CCc1cccnc1CCC(C)C. The summed E-state index contributed by atoms with van der Waals surface area (Å²) in [5.74, 6) is 3.49. The molecule has 0 N–H and O–H groups in total. The smallest absolute Gasteiger partial charge is 0.308 e. The molecule has 3 aromatic heterocycles. The average molecular weight is 1040 g/mol.